The molecule has 140 valence electrons. The number of anilines is 2. The minimum absolute atomic E-state index is 0.0418. The van der Waals surface area contributed by atoms with Crippen molar-refractivity contribution in [3.63, 3.8) is 0 Å². The van der Waals surface area contributed by atoms with Crippen LogP contribution < -0.4 is 15.0 Å². The summed E-state index contributed by atoms with van der Waals surface area (Å²) in [6, 6.07) is 10.9. The van der Waals surface area contributed by atoms with Crippen LogP contribution in [0.25, 0.3) is 0 Å². The van der Waals surface area contributed by atoms with Crippen LogP contribution in [0.4, 0.5) is 11.4 Å². The summed E-state index contributed by atoms with van der Waals surface area (Å²) in [6.45, 7) is 0.181. The highest BCUT2D eigenvalue weighted by atomic mass is 35.5. The van der Waals surface area contributed by atoms with Gasteiger partial charge in [-0.1, -0.05) is 17.7 Å². The summed E-state index contributed by atoms with van der Waals surface area (Å²) < 4.78 is 5.28. The van der Waals surface area contributed by atoms with Crippen molar-refractivity contribution in [1.29, 1.82) is 0 Å². The Labute approximate surface area is 160 Å². The maximum Gasteiger partial charge on any atom is 0.335 e. The van der Waals surface area contributed by atoms with Crippen LogP contribution in [0.1, 0.15) is 16.8 Å². The highest BCUT2D eigenvalue weighted by Crippen LogP contribution is 2.35. The Morgan fingerprint density at radius 3 is 2.74 bits per heavy atom. The number of benzene rings is 2. The summed E-state index contributed by atoms with van der Waals surface area (Å²) in [7, 11) is 1.49. The van der Waals surface area contributed by atoms with Gasteiger partial charge in [-0.05, 0) is 36.4 Å². The fraction of sp³-hybridized carbons (Fsp3) is 0.211. The fourth-order valence-electron chi connectivity index (χ4n) is 2.96. The van der Waals surface area contributed by atoms with Crippen molar-refractivity contribution in [2.75, 3.05) is 23.9 Å². The van der Waals surface area contributed by atoms with Gasteiger partial charge >= 0.3 is 5.97 Å². The number of carboxylic acids is 1. The fourth-order valence-corrected chi connectivity index (χ4v) is 3.13. The number of methoxy groups -OCH3 is 1. The molecule has 27 heavy (non-hydrogen) atoms. The molecule has 2 aromatic rings. The third-order valence-electron chi connectivity index (χ3n) is 4.30. The second-order valence-electron chi connectivity index (χ2n) is 6.10. The Morgan fingerprint density at radius 2 is 2.04 bits per heavy atom. The van der Waals surface area contributed by atoms with Gasteiger partial charge in [0.15, 0.2) is 0 Å². The number of nitrogens with one attached hydrogen (secondary N) is 1. The predicted molar refractivity (Wildman–Crippen MR) is 100 cm³/mol. The van der Waals surface area contributed by atoms with Gasteiger partial charge in [-0.3, -0.25) is 9.59 Å². The third kappa shape index (κ3) is 4.03. The van der Waals surface area contributed by atoms with E-state index in [1.807, 2.05) is 0 Å². The molecule has 1 aliphatic heterocycles. The van der Waals surface area contributed by atoms with Crippen molar-refractivity contribution in [3.8, 4) is 5.75 Å². The number of carbonyl (C=O) groups excluding carboxylic acids is 2. The first-order valence-electron chi connectivity index (χ1n) is 8.17. The van der Waals surface area contributed by atoms with E-state index in [0.717, 1.165) is 0 Å². The number of carboxylic acid groups (broad SMARTS) is 1. The highest BCUT2D eigenvalue weighted by Gasteiger charge is 2.36. The van der Waals surface area contributed by atoms with Gasteiger partial charge in [-0.15, -0.1) is 0 Å². The predicted octanol–water partition coefficient (Wildman–Crippen LogP) is 3.04. The molecule has 7 nitrogen and oxygen atoms in total. The lowest BCUT2D eigenvalue weighted by molar-refractivity contribution is -0.122. The van der Waals surface area contributed by atoms with Gasteiger partial charge in [0.25, 0.3) is 0 Å². The maximum absolute atomic E-state index is 12.5. The molecule has 1 aliphatic rings. The number of rotatable bonds is 5. The van der Waals surface area contributed by atoms with E-state index < -0.39 is 11.9 Å². The Bertz CT molecular complexity index is 915. The lowest BCUT2D eigenvalue weighted by atomic mass is 10.1. The van der Waals surface area contributed by atoms with Crippen LogP contribution in [-0.4, -0.2) is 36.5 Å². The van der Waals surface area contributed by atoms with Crippen LogP contribution in [-0.2, 0) is 9.59 Å². The van der Waals surface area contributed by atoms with Crippen LogP contribution in [0, 0.1) is 5.92 Å². The van der Waals surface area contributed by atoms with E-state index in [0.29, 0.717) is 22.1 Å². The molecule has 2 amide bonds. The zero-order valence-corrected chi connectivity index (χ0v) is 15.2. The minimum atomic E-state index is -1.08. The lowest BCUT2D eigenvalue weighted by Gasteiger charge is -2.20. The first-order chi connectivity index (χ1) is 12.9. The van der Waals surface area contributed by atoms with Crippen LogP contribution in [0.3, 0.4) is 0 Å². The molecular weight excluding hydrogens is 372 g/mol. The number of hydrogen-bond donors (Lipinski definition) is 2. The van der Waals surface area contributed by atoms with Crippen LogP contribution in [0.2, 0.25) is 5.02 Å². The van der Waals surface area contributed by atoms with E-state index in [4.69, 9.17) is 21.4 Å². The van der Waals surface area contributed by atoms with Gasteiger partial charge in [0.1, 0.15) is 5.75 Å². The molecule has 0 aliphatic carbocycles. The molecule has 1 saturated heterocycles. The number of aromatic carboxylic acids is 1. The molecule has 0 unspecified atom stereocenters. The average Bonchev–Trinajstić information content (AvgIpc) is 3.03. The van der Waals surface area contributed by atoms with Crippen molar-refractivity contribution < 1.29 is 24.2 Å². The average molecular weight is 389 g/mol. The highest BCUT2D eigenvalue weighted by molar-refractivity contribution is 6.31. The second kappa shape index (κ2) is 7.67. The van der Waals surface area contributed by atoms with Crippen LogP contribution in [0.5, 0.6) is 5.75 Å². The molecule has 1 atom stereocenters. The smallest absolute Gasteiger partial charge is 0.335 e. The van der Waals surface area contributed by atoms with Crippen molar-refractivity contribution in [2.45, 2.75) is 6.42 Å². The van der Waals surface area contributed by atoms with Crippen molar-refractivity contribution in [3.05, 3.63) is 53.1 Å². The van der Waals surface area contributed by atoms with Crippen LogP contribution in [0.15, 0.2) is 42.5 Å². The van der Waals surface area contributed by atoms with Gasteiger partial charge in [-0.2, -0.15) is 0 Å². The lowest BCUT2D eigenvalue weighted by Crippen LogP contribution is -2.28. The number of carbonyl (C=O) groups is 3. The van der Waals surface area contributed by atoms with Crippen molar-refractivity contribution in [1.82, 2.24) is 0 Å². The molecule has 2 N–H and O–H groups in total. The van der Waals surface area contributed by atoms with E-state index in [1.165, 1.54) is 24.1 Å². The van der Waals surface area contributed by atoms with Crippen LogP contribution >= 0.6 is 11.6 Å². The summed E-state index contributed by atoms with van der Waals surface area (Å²) in [6.07, 6.45) is 0.0418. The normalized spacial score (nSPS) is 16.3. The van der Waals surface area contributed by atoms with E-state index >= 15 is 0 Å². The summed E-state index contributed by atoms with van der Waals surface area (Å²) in [5.41, 5.74) is 0.949. The zero-order valence-electron chi connectivity index (χ0n) is 14.4. The van der Waals surface area contributed by atoms with Crippen molar-refractivity contribution >= 4 is 40.8 Å². The molecular formula is C19H17ClN2O5. The first kappa shape index (κ1) is 18.7. The van der Waals surface area contributed by atoms with Gasteiger partial charge in [0.2, 0.25) is 11.8 Å². The Hall–Kier alpha value is -3.06. The number of ether oxygens (including phenoxy) is 1. The topological polar surface area (TPSA) is 95.9 Å². The number of hydrogen-bond acceptors (Lipinski definition) is 4. The molecule has 8 heteroatoms. The molecule has 1 heterocycles. The Kier molecular flexibility index (Phi) is 5.32. The summed E-state index contributed by atoms with van der Waals surface area (Å²) >= 11 is 6.03. The first-order valence-corrected chi connectivity index (χ1v) is 8.55. The number of nitrogens with zero attached hydrogens (tertiary/aromatic N) is 1. The molecule has 0 saturated carbocycles. The third-order valence-corrected chi connectivity index (χ3v) is 4.54. The van der Waals surface area contributed by atoms with Gasteiger partial charge in [-0.25, -0.2) is 4.79 Å². The number of amides is 2. The maximum atomic E-state index is 12.5. The van der Waals surface area contributed by atoms with E-state index in [1.54, 1.807) is 30.3 Å². The van der Waals surface area contributed by atoms with Gasteiger partial charge in [0, 0.05) is 23.7 Å². The molecule has 3 rings (SSSR count). The SMILES string of the molecule is COc1ccc(Cl)cc1N1C[C@@H](C(=O)Nc2cccc(C(=O)O)c2)CC1=O. The van der Waals surface area contributed by atoms with E-state index in [-0.39, 0.29) is 30.3 Å². The second-order valence-corrected chi connectivity index (χ2v) is 6.53. The van der Waals surface area contributed by atoms with Gasteiger partial charge < -0.3 is 20.1 Å². The Morgan fingerprint density at radius 1 is 1.26 bits per heavy atom. The largest absolute Gasteiger partial charge is 0.495 e. The molecule has 0 aromatic heterocycles. The Balaban J connectivity index is 1.75. The molecule has 0 radical (unpaired) electrons. The van der Waals surface area contributed by atoms with E-state index in [9.17, 15) is 14.4 Å². The molecule has 0 bridgehead atoms. The molecule has 2 aromatic carbocycles. The van der Waals surface area contributed by atoms with E-state index in [2.05, 4.69) is 5.32 Å². The standard InChI is InChI=1S/C19H17ClN2O5/c1-27-16-6-5-13(20)9-15(16)22-10-12(8-17(22)23)18(24)21-14-4-2-3-11(7-14)19(25)26/h2-7,9,12H,8,10H2,1H3,(H,21,24)(H,25,26)/t12-/m0/s1. The molecule has 1 fully saturated rings. The number of halogens is 1. The monoisotopic (exact) mass is 388 g/mol. The summed E-state index contributed by atoms with van der Waals surface area (Å²) in [5, 5.41) is 12.2. The summed E-state index contributed by atoms with van der Waals surface area (Å²) in [5.74, 6) is -1.73. The van der Waals surface area contributed by atoms with Crippen molar-refractivity contribution in [2.24, 2.45) is 5.92 Å². The minimum Gasteiger partial charge on any atom is -0.495 e. The quantitative estimate of drug-likeness (QED) is 0.820. The van der Waals surface area contributed by atoms with Gasteiger partial charge in [0.05, 0.1) is 24.3 Å². The molecule has 0 spiro atoms. The zero-order chi connectivity index (χ0) is 19.6. The summed E-state index contributed by atoms with van der Waals surface area (Å²) in [4.78, 5) is 37.5.